The molecule has 0 saturated heterocycles. The highest BCUT2D eigenvalue weighted by Crippen LogP contribution is 2.41. The SMILES string of the molecule is COc1ccc(CNC(=O)C2(NC(=O)c3cc(C(C)(C)C)c(OC)c(C(C)(C)C)c3)CCCC2)cc1. The Morgan fingerprint density at radius 1 is 0.861 bits per heavy atom. The van der Waals surface area contributed by atoms with Crippen LogP contribution in [0.2, 0.25) is 0 Å². The molecule has 1 aliphatic carbocycles. The second-order valence-electron chi connectivity index (χ2n) is 11.9. The highest BCUT2D eigenvalue weighted by Gasteiger charge is 2.43. The molecule has 1 saturated carbocycles. The number of carbonyl (C=O) groups excluding carboxylic acids is 2. The summed E-state index contributed by atoms with van der Waals surface area (Å²) < 4.78 is 11.0. The van der Waals surface area contributed by atoms with Crippen LogP contribution in [0.1, 0.15) is 94.3 Å². The van der Waals surface area contributed by atoms with E-state index >= 15 is 0 Å². The summed E-state index contributed by atoms with van der Waals surface area (Å²) in [7, 11) is 3.31. The monoisotopic (exact) mass is 494 g/mol. The van der Waals surface area contributed by atoms with E-state index in [1.807, 2.05) is 36.4 Å². The van der Waals surface area contributed by atoms with E-state index in [0.29, 0.717) is 24.9 Å². The predicted molar refractivity (Wildman–Crippen MR) is 144 cm³/mol. The molecule has 0 bridgehead atoms. The number of ether oxygens (including phenoxy) is 2. The molecule has 0 aromatic heterocycles. The molecule has 196 valence electrons. The molecule has 0 atom stereocenters. The minimum Gasteiger partial charge on any atom is -0.497 e. The van der Waals surface area contributed by atoms with Gasteiger partial charge >= 0.3 is 0 Å². The van der Waals surface area contributed by atoms with Gasteiger partial charge in [0.25, 0.3) is 5.91 Å². The van der Waals surface area contributed by atoms with Gasteiger partial charge in [-0.2, -0.15) is 0 Å². The van der Waals surface area contributed by atoms with Crippen molar-refractivity contribution in [2.45, 2.75) is 90.1 Å². The van der Waals surface area contributed by atoms with Gasteiger partial charge in [-0.25, -0.2) is 0 Å². The standard InChI is InChI=1S/C30H42N2O4/c1-28(2,3)23-17-21(18-24(25(23)36-8)29(4,5)6)26(33)32-30(15-9-10-16-30)27(34)31-19-20-11-13-22(35-7)14-12-20/h11-14,17-18H,9-10,15-16,19H2,1-8H3,(H,31,34)(H,32,33). The number of nitrogens with one attached hydrogen (secondary N) is 2. The smallest absolute Gasteiger partial charge is 0.252 e. The topological polar surface area (TPSA) is 76.7 Å². The van der Waals surface area contributed by atoms with E-state index < -0.39 is 5.54 Å². The molecular weight excluding hydrogens is 452 g/mol. The zero-order chi connectivity index (χ0) is 26.7. The molecule has 0 spiro atoms. The van der Waals surface area contributed by atoms with E-state index in [0.717, 1.165) is 41.0 Å². The van der Waals surface area contributed by atoms with Crippen LogP contribution in [0, 0.1) is 0 Å². The quantitative estimate of drug-likeness (QED) is 0.521. The van der Waals surface area contributed by atoms with Crippen molar-refractivity contribution in [1.82, 2.24) is 10.6 Å². The Kier molecular flexibility index (Phi) is 8.07. The first kappa shape index (κ1) is 27.6. The molecule has 0 heterocycles. The minimum absolute atomic E-state index is 0.134. The fraction of sp³-hybridized carbons (Fsp3) is 0.533. The van der Waals surface area contributed by atoms with Crippen LogP contribution in [-0.2, 0) is 22.2 Å². The summed E-state index contributed by atoms with van der Waals surface area (Å²) in [4.78, 5) is 27.1. The number of amides is 2. The Labute approximate surface area is 216 Å². The lowest BCUT2D eigenvalue weighted by Gasteiger charge is -2.32. The summed E-state index contributed by atoms with van der Waals surface area (Å²) in [5, 5.41) is 6.20. The predicted octanol–water partition coefficient (Wildman–Crippen LogP) is 5.66. The van der Waals surface area contributed by atoms with Crippen molar-refractivity contribution < 1.29 is 19.1 Å². The summed E-state index contributed by atoms with van der Waals surface area (Å²) >= 11 is 0. The van der Waals surface area contributed by atoms with Crippen molar-refractivity contribution in [3.05, 3.63) is 58.7 Å². The van der Waals surface area contributed by atoms with Crippen molar-refractivity contribution in [3.8, 4) is 11.5 Å². The van der Waals surface area contributed by atoms with Gasteiger partial charge in [0.05, 0.1) is 14.2 Å². The summed E-state index contributed by atoms with van der Waals surface area (Å²) in [6.45, 7) is 13.1. The first-order valence-corrected chi connectivity index (χ1v) is 12.8. The molecule has 2 aromatic rings. The van der Waals surface area contributed by atoms with Crippen LogP contribution in [0.15, 0.2) is 36.4 Å². The molecule has 0 radical (unpaired) electrons. The molecule has 1 aliphatic rings. The Bertz CT molecular complexity index is 1050. The second-order valence-corrected chi connectivity index (χ2v) is 11.9. The molecule has 3 rings (SSSR count). The summed E-state index contributed by atoms with van der Waals surface area (Å²) in [5.41, 5.74) is 2.14. The molecule has 2 aromatic carbocycles. The largest absolute Gasteiger partial charge is 0.497 e. The van der Waals surface area contributed by atoms with Gasteiger partial charge in [0.15, 0.2) is 0 Å². The number of rotatable bonds is 7. The lowest BCUT2D eigenvalue weighted by molar-refractivity contribution is -0.127. The van der Waals surface area contributed by atoms with Gasteiger partial charge in [-0.15, -0.1) is 0 Å². The third-order valence-corrected chi connectivity index (χ3v) is 7.03. The van der Waals surface area contributed by atoms with Crippen LogP contribution in [0.25, 0.3) is 0 Å². The molecule has 0 aliphatic heterocycles. The average molecular weight is 495 g/mol. The van der Waals surface area contributed by atoms with Gasteiger partial charge in [0.2, 0.25) is 5.91 Å². The van der Waals surface area contributed by atoms with Crippen LogP contribution < -0.4 is 20.1 Å². The molecule has 2 amide bonds. The van der Waals surface area contributed by atoms with Gasteiger partial charge in [-0.3, -0.25) is 9.59 Å². The van der Waals surface area contributed by atoms with Crippen molar-refractivity contribution in [2.24, 2.45) is 0 Å². The second kappa shape index (κ2) is 10.5. The Morgan fingerprint density at radius 3 is 1.83 bits per heavy atom. The number of carbonyl (C=O) groups is 2. The number of hydrogen-bond acceptors (Lipinski definition) is 4. The van der Waals surface area contributed by atoms with E-state index in [2.05, 4.69) is 52.2 Å². The third kappa shape index (κ3) is 6.03. The first-order valence-electron chi connectivity index (χ1n) is 12.8. The Morgan fingerprint density at radius 2 is 1.39 bits per heavy atom. The lowest BCUT2D eigenvalue weighted by Crippen LogP contribution is -2.57. The van der Waals surface area contributed by atoms with Crippen LogP contribution >= 0.6 is 0 Å². The molecular formula is C30H42N2O4. The Balaban J connectivity index is 1.88. The highest BCUT2D eigenvalue weighted by molar-refractivity contribution is 6.00. The fourth-order valence-corrected chi connectivity index (χ4v) is 4.87. The fourth-order valence-electron chi connectivity index (χ4n) is 4.87. The maximum Gasteiger partial charge on any atom is 0.252 e. The van der Waals surface area contributed by atoms with E-state index in [1.54, 1.807) is 14.2 Å². The van der Waals surface area contributed by atoms with Crippen molar-refractivity contribution >= 4 is 11.8 Å². The Hall–Kier alpha value is -3.02. The van der Waals surface area contributed by atoms with E-state index in [9.17, 15) is 9.59 Å². The molecule has 36 heavy (non-hydrogen) atoms. The third-order valence-electron chi connectivity index (χ3n) is 7.03. The molecule has 2 N–H and O–H groups in total. The van der Waals surface area contributed by atoms with Gasteiger partial charge in [-0.05, 0) is 53.5 Å². The lowest BCUT2D eigenvalue weighted by atomic mass is 9.78. The average Bonchev–Trinajstić information content (AvgIpc) is 3.30. The van der Waals surface area contributed by atoms with Gasteiger partial charge in [0.1, 0.15) is 17.0 Å². The maximum atomic E-state index is 13.7. The zero-order valence-electron chi connectivity index (χ0n) is 23.1. The normalized spacial score (nSPS) is 15.3. The van der Waals surface area contributed by atoms with Crippen LogP contribution in [-0.4, -0.2) is 31.6 Å². The van der Waals surface area contributed by atoms with E-state index in [1.165, 1.54) is 0 Å². The van der Waals surface area contributed by atoms with Gasteiger partial charge in [-0.1, -0.05) is 66.5 Å². The molecule has 6 nitrogen and oxygen atoms in total. The van der Waals surface area contributed by atoms with Crippen LogP contribution in [0.3, 0.4) is 0 Å². The van der Waals surface area contributed by atoms with Gasteiger partial charge < -0.3 is 20.1 Å². The van der Waals surface area contributed by atoms with Crippen molar-refractivity contribution in [1.29, 1.82) is 0 Å². The van der Waals surface area contributed by atoms with Crippen molar-refractivity contribution in [2.75, 3.05) is 14.2 Å². The maximum absolute atomic E-state index is 13.7. The van der Waals surface area contributed by atoms with E-state index in [4.69, 9.17) is 9.47 Å². The minimum atomic E-state index is -0.909. The highest BCUT2D eigenvalue weighted by atomic mass is 16.5. The molecule has 1 fully saturated rings. The number of benzene rings is 2. The van der Waals surface area contributed by atoms with E-state index in [-0.39, 0.29) is 22.6 Å². The zero-order valence-corrected chi connectivity index (χ0v) is 23.1. The summed E-state index contributed by atoms with van der Waals surface area (Å²) in [5.74, 6) is 1.23. The summed E-state index contributed by atoms with van der Waals surface area (Å²) in [6, 6.07) is 11.4. The summed E-state index contributed by atoms with van der Waals surface area (Å²) in [6.07, 6.45) is 3.06. The molecule has 0 unspecified atom stereocenters. The number of methoxy groups -OCH3 is 2. The van der Waals surface area contributed by atoms with Crippen molar-refractivity contribution in [3.63, 3.8) is 0 Å². The van der Waals surface area contributed by atoms with Gasteiger partial charge in [0, 0.05) is 23.2 Å². The first-order chi connectivity index (χ1) is 16.8. The van der Waals surface area contributed by atoms with Crippen LogP contribution in [0.5, 0.6) is 11.5 Å². The van der Waals surface area contributed by atoms with Crippen LogP contribution in [0.4, 0.5) is 0 Å². The number of hydrogen-bond donors (Lipinski definition) is 2. The molecule has 6 heteroatoms.